The number of nitrogens with one attached hydrogen (secondary N) is 2. The predicted octanol–water partition coefficient (Wildman–Crippen LogP) is 2.42. The Bertz CT molecular complexity index is 226. The second-order valence-corrected chi connectivity index (χ2v) is 5.16. The zero-order valence-corrected chi connectivity index (χ0v) is 9.64. The molecule has 2 aliphatic rings. The number of carbonyl (C=O) groups excluding carboxylic acids is 1. The lowest BCUT2D eigenvalue weighted by Gasteiger charge is -2.41. The number of amides is 2. The molecule has 0 spiro atoms. The minimum absolute atomic E-state index is 0.0411. The SMILES string of the molecule is CCC1(CNC(=O)NC2CCC2)CCC1. The van der Waals surface area contributed by atoms with Crippen LogP contribution >= 0.6 is 0 Å². The molecule has 2 fully saturated rings. The molecule has 0 atom stereocenters. The Morgan fingerprint density at radius 1 is 1.33 bits per heavy atom. The summed E-state index contributed by atoms with van der Waals surface area (Å²) in [4.78, 5) is 11.5. The van der Waals surface area contributed by atoms with Gasteiger partial charge in [-0.1, -0.05) is 13.3 Å². The Hall–Kier alpha value is -0.730. The van der Waals surface area contributed by atoms with Crippen molar-refractivity contribution in [3.05, 3.63) is 0 Å². The summed E-state index contributed by atoms with van der Waals surface area (Å²) in [5.41, 5.74) is 0.428. The molecular weight excluding hydrogens is 188 g/mol. The maximum absolute atomic E-state index is 11.5. The van der Waals surface area contributed by atoms with Gasteiger partial charge in [-0.05, 0) is 43.9 Å². The van der Waals surface area contributed by atoms with E-state index in [1.807, 2.05) is 0 Å². The topological polar surface area (TPSA) is 41.1 Å². The largest absolute Gasteiger partial charge is 0.338 e. The van der Waals surface area contributed by atoms with E-state index in [9.17, 15) is 4.79 Å². The number of hydrogen-bond donors (Lipinski definition) is 2. The first-order valence-corrected chi connectivity index (χ1v) is 6.28. The van der Waals surface area contributed by atoms with Crippen LogP contribution in [0, 0.1) is 5.41 Å². The first kappa shape index (κ1) is 10.8. The van der Waals surface area contributed by atoms with Gasteiger partial charge in [-0.3, -0.25) is 0 Å². The standard InChI is InChI=1S/C12H22N2O/c1-2-12(7-4-8-12)9-13-11(15)14-10-5-3-6-10/h10H,2-9H2,1H3,(H2,13,14,15). The van der Waals surface area contributed by atoms with E-state index in [1.165, 1.54) is 32.1 Å². The summed E-state index contributed by atoms with van der Waals surface area (Å²) in [6.07, 6.45) is 8.68. The Morgan fingerprint density at radius 2 is 2.07 bits per heavy atom. The minimum Gasteiger partial charge on any atom is -0.338 e. The van der Waals surface area contributed by atoms with Gasteiger partial charge in [0.1, 0.15) is 0 Å². The number of hydrogen-bond acceptors (Lipinski definition) is 1. The van der Waals surface area contributed by atoms with E-state index in [1.54, 1.807) is 0 Å². The quantitative estimate of drug-likeness (QED) is 0.735. The molecule has 0 radical (unpaired) electrons. The molecule has 0 aliphatic heterocycles. The lowest BCUT2D eigenvalue weighted by Crippen LogP contribution is -2.49. The van der Waals surface area contributed by atoms with Crippen LogP contribution < -0.4 is 10.6 Å². The zero-order chi connectivity index (χ0) is 10.7. The highest BCUT2D eigenvalue weighted by atomic mass is 16.2. The van der Waals surface area contributed by atoms with Gasteiger partial charge in [0, 0.05) is 12.6 Å². The third-order valence-electron chi connectivity index (χ3n) is 4.23. The molecule has 0 aromatic rings. The fourth-order valence-corrected chi connectivity index (χ4v) is 2.39. The van der Waals surface area contributed by atoms with Crippen LogP contribution in [0.25, 0.3) is 0 Å². The summed E-state index contributed by atoms with van der Waals surface area (Å²) in [5.74, 6) is 0. The first-order chi connectivity index (χ1) is 7.24. The van der Waals surface area contributed by atoms with E-state index in [4.69, 9.17) is 0 Å². The van der Waals surface area contributed by atoms with Crippen LogP contribution in [-0.2, 0) is 0 Å². The highest BCUT2D eigenvalue weighted by Gasteiger charge is 2.35. The van der Waals surface area contributed by atoms with Crippen molar-refractivity contribution in [2.75, 3.05) is 6.54 Å². The van der Waals surface area contributed by atoms with E-state index in [0.29, 0.717) is 11.5 Å². The monoisotopic (exact) mass is 210 g/mol. The minimum atomic E-state index is 0.0411. The van der Waals surface area contributed by atoms with Crippen molar-refractivity contribution in [3.63, 3.8) is 0 Å². The van der Waals surface area contributed by atoms with E-state index < -0.39 is 0 Å². The second-order valence-electron chi connectivity index (χ2n) is 5.16. The Labute approximate surface area is 92.0 Å². The van der Waals surface area contributed by atoms with Crippen LogP contribution in [0.15, 0.2) is 0 Å². The smallest absolute Gasteiger partial charge is 0.315 e. The Morgan fingerprint density at radius 3 is 2.47 bits per heavy atom. The normalized spacial score (nSPS) is 23.8. The maximum atomic E-state index is 11.5. The van der Waals surface area contributed by atoms with Crippen LogP contribution in [-0.4, -0.2) is 18.6 Å². The number of carbonyl (C=O) groups is 1. The summed E-state index contributed by atoms with van der Waals surface area (Å²) in [6, 6.07) is 0.489. The summed E-state index contributed by atoms with van der Waals surface area (Å²) >= 11 is 0. The molecule has 0 aromatic carbocycles. The highest BCUT2D eigenvalue weighted by molar-refractivity contribution is 5.74. The zero-order valence-electron chi connectivity index (χ0n) is 9.64. The van der Waals surface area contributed by atoms with Gasteiger partial charge in [0.25, 0.3) is 0 Å². The predicted molar refractivity (Wildman–Crippen MR) is 60.7 cm³/mol. The average Bonchev–Trinajstić information content (AvgIpc) is 2.10. The maximum Gasteiger partial charge on any atom is 0.315 e. The number of urea groups is 1. The van der Waals surface area contributed by atoms with Crippen molar-refractivity contribution >= 4 is 6.03 Å². The lowest BCUT2D eigenvalue weighted by atomic mass is 9.67. The molecule has 2 aliphatic carbocycles. The van der Waals surface area contributed by atoms with Crippen molar-refractivity contribution < 1.29 is 4.79 Å². The molecular formula is C12H22N2O. The van der Waals surface area contributed by atoms with Crippen molar-refractivity contribution in [2.24, 2.45) is 5.41 Å². The van der Waals surface area contributed by atoms with E-state index in [2.05, 4.69) is 17.6 Å². The van der Waals surface area contributed by atoms with Crippen molar-refractivity contribution in [3.8, 4) is 0 Å². The summed E-state index contributed by atoms with van der Waals surface area (Å²) in [7, 11) is 0. The summed E-state index contributed by atoms with van der Waals surface area (Å²) < 4.78 is 0. The Kier molecular flexibility index (Phi) is 3.17. The van der Waals surface area contributed by atoms with E-state index >= 15 is 0 Å². The van der Waals surface area contributed by atoms with Gasteiger partial charge in [0.15, 0.2) is 0 Å². The molecule has 3 nitrogen and oxygen atoms in total. The molecule has 15 heavy (non-hydrogen) atoms. The molecule has 3 heteroatoms. The van der Waals surface area contributed by atoms with Crippen molar-refractivity contribution in [1.82, 2.24) is 10.6 Å². The second kappa shape index (κ2) is 4.42. The van der Waals surface area contributed by atoms with Gasteiger partial charge in [-0.15, -0.1) is 0 Å². The van der Waals surface area contributed by atoms with Gasteiger partial charge in [0.05, 0.1) is 0 Å². The fourth-order valence-electron chi connectivity index (χ4n) is 2.39. The van der Waals surface area contributed by atoms with Gasteiger partial charge >= 0.3 is 6.03 Å². The molecule has 2 saturated carbocycles. The first-order valence-electron chi connectivity index (χ1n) is 6.28. The third-order valence-corrected chi connectivity index (χ3v) is 4.23. The Balaban J connectivity index is 1.65. The molecule has 86 valence electrons. The molecule has 0 bridgehead atoms. The van der Waals surface area contributed by atoms with E-state index in [-0.39, 0.29) is 6.03 Å². The summed E-state index contributed by atoms with van der Waals surface area (Å²) in [6.45, 7) is 3.09. The van der Waals surface area contributed by atoms with Crippen LogP contribution in [0.5, 0.6) is 0 Å². The van der Waals surface area contributed by atoms with Gasteiger partial charge in [-0.25, -0.2) is 4.79 Å². The summed E-state index contributed by atoms with van der Waals surface area (Å²) in [5, 5.41) is 6.04. The number of rotatable bonds is 4. The third kappa shape index (κ3) is 2.44. The average molecular weight is 210 g/mol. The highest BCUT2D eigenvalue weighted by Crippen LogP contribution is 2.42. The van der Waals surface area contributed by atoms with Crippen molar-refractivity contribution in [1.29, 1.82) is 0 Å². The molecule has 0 aromatic heterocycles. The lowest BCUT2D eigenvalue weighted by molar-refractivity contribution is 0.125. The van der Waals surface area contributed by atoms with Crippen LogP contribution in [0.3, 0.4) is 0 Å². The molecule has 2 N–H and O–H groups in total. The van der Waals surface area contributed by atoms with Gasteiger partial charge < -0.3 is 10.6 Å². The molecule has 0 saturated heterocycles. The molecule has 0 unspecified atom stereocenters. The van der Waals surface area contributed by atoms with Crippen LogP contribution in [0.2, 0.25) is 0 Å². The van der Waals surface area contributed by atoms with Crippen molar-refractivity contribution in [2.45, 2.75) is 57.9 Å². The van der Waals surface area contributed by atoms with Gasteiger partial charge in [0.2, 0.25) is 0 Å². The van der Waals surface area contributed by atoms with Crippen LogP contribution in [0.1, 0.15) is 51.9 Å². The molecule has 2 rings (SSSR count). The van der Waals surface area contributed by atoms with Gasteiger partial charge in [-0.2, -0.15) is 0 Å². The fraction of sp³-hybridized carbons (Fsp3) is 0.917. The van der Waals surface area contributed by atoms with Crippen LogP contribution in [0.4, 0.5) is 4.79 Å². The molecule has 0 heterocycles. The van der Waals surface area contributed by atoms with E-state index in [0.717, 1.165) is 19.4 Å². The molecule has 2 amide bonds.